The number of likely N-dealkylation sites (tertiary alicyclic amines) is 1. The van der Waals surface area contributed by atoms with E-state index in [-0.39, 0.29) is 11.5 Å². The fourth-order valence-electron chi connectivity index (χ4n) is 2.65. The first-order chi connectivity index (χ1) is 9.56. The summed E-state index contributed by atoms with van der Waals surface area (Å²) < 4.78 is 13.6. The van der Waals surface area contributed by atoms with Crippen LogP contribution in [0.25, 0.3) is 0 Å². The highest BCUT2D eigenvalue weighted by atomic mass is 19.1. The monoisotopic (exact) mass is 278 g/mol. The Morgan fingerprint density at radius 3 is 2.80 bits per heavy atom. The molecule has 0 radical (unpaired) electrons. The van der Waals surface area contributed by atoms with Crippen molar-refractivity contribution in [1.29, 1.82) is 0 Å². The Balaban J connectivity index is 1.83. The fourth-order valence-corrected chi connectivity index (χ4v) is 2.65. The molecule has 1 N–H and O–H groups in total. The van der Waals surface area contributed by atoms with E-state index in [1.807, 2.05) is 6.92 Å². The quantitative estimate of drug-likeness (QED) is 0.898. The maximum atomic E-state index is 13.6. The number of nitrogens with zero attached hydrogens (tertiary/aromatic N) is 1. The van der Waals surface area contributed by atoms with Gasteiger partial charge in [0.05, 0.1) is 5.56 Å². The van der Waals surface area contributed by atoms with Gasteiger partial charge in [0.15, 0.2) is 0 Å². The number of amides is 1. The highest BCUT2D eigenvalue weighted by molar-refractivity contribution is 5.94. The molecule has 1 atom stereocenters. The van der Waals surface area contributed by atoms with Crippen molar-refractivity contribution in [2.45, 2.75) is 26.7 Å². The summed E-state index contributed by atoms with van der Waals surface area (Å²) in [7, 11) is 0. The van der Waals surface area contributed by atoms with Crippen LogP contribution >= 0.6 is 0 Å². The largest absolute Gasteiger partial charge is 0.352 e. The van der Waals surface area contributed by atoms with E-state index in [0.717, 1.165) is 25.2 Å². The van der Waals surface area contributed by atoms with Gasteiger partial charge in [-0.05, 0) is 50.9 Å². The van der Waals surface area contributed by atoms with Crippen LogP contribution in [0.5, 0.6) is 0 Å². The average Bonchev–Trinajstić information content (AvgIpc) is 2.91. The number of benzene rings is 1. The van der Waals surface area contributed by atoms with E-state index < -0.39 is 5.82 Å². The Morgan fingerprint density at radius 1 is 1.40 bits per heavy atom. The molecule has 0 saturated carbocycles. The molecule has 1 aliphatic heterocycles. The third kappa shape index (κ3) is 4.04. The van der Waals surface area contributed by atoms with Crippen molar-refractivity contribution in [1.82, 2.24) is 10.2 Å². The zero-order valence-electron chi connectivity index (χ0n) is 12.3. The van der Waals surface area contributed by atoms with E-state index in [4.69, 9.17) is 0 Å². The molecule has 1 amide bonds. The molecule has 3 nitrogen and oxygen atoms in total. The van der Waals surface area contributed by atoms with Crippen LogP contribution in [0.3, 0.4) is 0 Å². The highest BCUT2D eigenvalue weighted by Crippen LogP contribution is 2.11. The summed E-state index contributed by atoms with van der Waals surface area (Å²) >= 11 is 0. The molecule has 1 fully saturated rings. The van der Waals surface area contributed by atoms with Crippen LogP contribution in [0.1, 0.15) is 35.7 Å². The third-order valence-electron chi connectivity index (χ3n) is 3.75. The zero-order chi connectivity index (χ0) is 14.5. The molecule has 1 aliphatic rings. The van der Waals surface area contributed by atoms with Crippen molar-refractivity contribution in [2.24, 2.45) is 5.92 Å². The van der Waals surface area contributed by atoms with Gasteiger partial charge in [-0.2, -0.15) is 0 Å². The van der Waals surface area contributed by atoms with Crippen LogP contribution in [-0.2, 0) is 0 Å². The third-order valence-corrected chi connectivity index (χ3v) is 3.75. The average molecular weight is 278 g/mol. The summed E-state index contributed by atoms with van der Waals surface area (Å²) in [6.07, 6.45) is 2.54. The van der Waals surface area contributed by atoms with E-state index in [9.17, 15) is 9.18 Å². The van der Waals surface area contributed by atoms with Crippen LogP contribution in [-0.4, -0.2) is 37.0 Å². The predicted octanol–water partition coefficient (Wildman–Crippen LogP) is 2.60. The second-order valence-corrected chi connectivity index (χ2v) is 5.81. The summed E-state index contributed by atoms with van der Waals surface area (Å²) in [6.45, 7) is 7.87. The van der Waals surface area contributed by atoms with Crippen LogP contribution in [0, 0.1) is 18.7 Å². The smallest absolute Gasteiger partial charge is 0.254 e. The summed E-state index contributed by atoms with van der Waals surface area (Å²) in [5, 5.41) is 2.84. The molecule has 0 aromatic heterocycles. The lowest BCUT2D eigenvalue weighted by atomic mass is 10.1. The molecule has 1 saturated heterocycles. The first kappa shape index (κ1) is 15.0. The van der Waals surface area contributed by atoms with Gasteiger partial charge in [-0.25, -0.2) is 4.39 Å². The van der Waals surface area contributed by atoms with Gasteiger partial charge in [0.2, 0.25) is 0 Å². The minimum absolute atomic E-state index is 0.137. The van der Waals surface area contributed by atoms with E-state index in [2.05, 4.69) is 17.1 Å². The summed E-state index contributed by atoms with van der Waals surface area (Å²) in [6, 6.07) is 4.61. The molecule has 1 aromatic rings. The van der Waals surface area contributed by atoms with Gasteiger partial charge in [0.25, 0.3) is 5.91 Å². The number of carbonyl (C=O) groups is 1. The van der Waals surface area contributed by atoms with Crippen molar-refractivity contribution >= 4 is 5.91 Å². The van der Waals surface area contributed by atoms with E-state index >= 15 is 0 Å². The number of hydrogen-bond donors (Lipinski definition) is 1. The first-order valence-corrected chi connectivity index (χ1v) is 7.33. The van der Waals surface area contributed by atoms with Gasteiger partial charge in [0, 0.05) is 13.1 Å². The highest BCUT2D eigenvalue weighted by Gasteiger charge is 2.16. The fraction of sp³-hybridized carbons (Fsp3) is 0.562. The zero-order valence-corrected chi connectivity index (χ0v) is 12.3. The number of aryl methyl sites for hydroxylation is 1. The van der Waals surface area contributed by atoms with Gasteiger partial charge in [0.1, 0.15) is 5.82 Å². The molecule has 1 aromatic carbocycles. The van der Waals surface area contributed by atoms with Crippen LogP contribution in [0.15, 0.2) is 18.2 Å². The molecule has 0 bridgehead atoms. The molecule has 110 valence electrons. The van der Waals surface area contributed by atoms with Crippen LogP contribution in [0.2, 0.25) is 0 Å². The molecule has 0 aliphatic carbocycles. The Kier molecular flexibility index (Phi) is 5.12. The van der Waals surface area contributed by atoms with Gasteiger partial charge < -0.3 is 10.2 Å². The van der Waals surface area contributed by atoms with E-state index in [0.29, 0.717) is 12.5 Å². The Bertz CT molecular complexity index is 470. The minimum atomic E-state index is -0.458. The van der Waals surface area contributed by atoms with Gasteiger partial charge in [-0.15, -0.1) is 0 Å². The maximum Gasteiger partial charge on any atom is 0.254 e. The Hall–Kier alpha value is -1.42. The lowest BCUT2D eigenvalue weighted by molar-refractivity contribution is 0.0941. The normalized spacial score (nSPS) is 17.1. The molecular formula is C16H23FN2O. The van der Waals surface area contributed by atoms with Gasteiger partial charge in [-0.1, -0.05) is 18.6 Å². The Labute approximate surface area is 120 Å². The van der Waals surface area contributed by atoms with Gasteiger partial charge >= 0.3 is 0 Å². The number of nitrogens with one attached hydrogen (secondary N) is 1. The van der Waals surface area contributed by atoms with Crippen molar-refractivity contribution in [2.75, 3.05) is 26.2 Å². The molecular weight excluding hydrogens is 255 g/mol. The van der Waals surface area contributed by atoms with Crippen molar-refractivity contribution in [3.8, 4) is 0 Å². The minimum Gasteiger partial charge on any atom is -0.352 e. The van der Waals surface area contributed by atoms with Gasteiger partial charge in [-0.3, -0.25) is 4.79 Å². The second kappa shape index (κ2) is 6.84. The van der Waals surface area contributed by atoms with Crippen molar-refractivity contribution in [3.05, 3.63) is 35.1 Å². The lowest BCUT2D eigenvalue weighted by Gasteiger charge is -2.20. The maximum absolute atomic E-state index is 13.6. The summed E-state index contributed by atoms with van der Waals surface area (Å²) in [4.78, 5) is 14.4. The standard InChI is InChI=1S/C16H23FN2O/c1-12-5-6-15(17)14(9-12)16(20)18-10-13(2)11-19-7-3-4-8-19/h5-6,9,13H,3-4,7-8,10-11H2,1-2H3,(H,18,20). The summed E-state index contributed by atoms with van der Waals surface area (Å²) in [5.74, 6) is -0.398. The molecule has 20 heavy (non-hydrogen) atoms. The topological polar surface area (TPSA) is 32.3 Å². The number of carbonyl (C=O) groups excluding carboxylic acids is 1. The number of hydrogen-bond acceptors (Lipinski definition) is 2. The van der Waals surface area contributed by atoms with Crippen molar-refractivity contribution in [3.63, 3.8) is 0 Å². The van der Waals surface area contributed by atoms with E-state index in [1.165, 1.54) is 18.9 Å². The molecule has 1 unspecified atom stereocenters. The van der Waals surface area contributed by atoms with Crippen molar-refractivity contribution < 1.29 is 9.18 Å². The predicted molar refractivity (Wildman–Crippen MR) is 78.3 cm³/mol. The SMILES string of the molecule is Cc1ccc(F)c(C(=O)NCC(C)CN2CCCC2)c1. The molecule has 0 spiro atoms. The second-order valence-electron chi connectivity index (χ2n) is 5.81. The molecule has 1 heterocycles. The number of halogens is 1. The van der Waals surface area contributed by atoms with E-state index in [1.54, 1.807) is 12.1 Å². The number of rotatable bonds is 5. The lowest BCUT2D eigenvalue weighted by Crippen LogP contribution is -2.34. The summed E-state index contributed by atoms with van der Waals surface area (Å²) in [5.41, 5.74) is 1.03. The molecule has 2 rings (SSSR count). The van der Waals surface area contributed by atoms with Crippen LogP contribution in [0.4, 0.5) is 4.39 Å². The van der Waals surface area contributed by atoms with Crippen LogP contribution < -0.4 is 5.32 Å². The first-order valence-electron chi connectivity index (χ1n) is 7.33. The Morgan fingerprint density at radius 2 is 2.10 bits per heavy atom. The molecule has 4 heteroatoms.